The monoisotopic (exact) mass is 412 g/mol. The van der Waals surface area contributed by atoms with Crippen molar-refractivity contribution in [2.45, 2.75) is 6.04 Å². The van der Waals surface area contributed by atoms with Gasteiger partial charge in [-0.05, 0) is 48.0 Å². The Morgan fingerprint density at radius 3 is 2.58 bits per heavy atom. The lowest BCUT2D eigenvalue weighted by Crippen LogP contribution is -2.30. The largest absolute Gasteiger partial charge is 0.457 e. The van der Waals surface area contributed by atoms with Gasteiger partial charge >= 0.3 is 0 Å². The molecular formula is C20H17BrN2O3. The highest BCUT2D eigenvalue weighted by Gasteiger charge is 2.16. The molecular weight excluding hydrogens is 396 g/mol. The second-order valence-corrected chi connectivity index (χ2v) is 6.49. The van der Waals surface area contributed by atoms with E-state index in [9.17, 15) is 9.90 Å². The Hall–Kier alpha value is -2.70. The second kappa shape index (κ2) is 8.60. The van der Waals surface area contributed by atoms with Gasteiger partial charge in [0.25, 0.3) is 5.91 Å². The lowest BCUT2D eigenvalue weighted by molar-refractivity contribution is 0.0916. The molecule has 0 fully saturated rings. The molecule has 0 radical (unpaired) electrons. The number of aliphatic hydroxyl groups is 1. The van der Waals surface area contributed by atoms with Gasteiger partial charge in [0.2, 0.25) is 0 Å². The Morgan fingerprint density at radius 2 is 1.85 bits per heavy atom. The van der Waals surface area contributed by atoms with Crippen LogP contribution in [0.2, 0.25) is 0 Å². The minimum atomic E-state index is -0.496. The van der Waals surface area contributed by atoms with E-state index in [0.29, 0.717) is 17.1 Å². The van der Waals surface area contributed by atoms with Crippen LogP contribution in [0.15, 0.2) is 77.5 Å². The number of aromatic nitrogens is 1. The molecule has 0 aliphatic carbocycles. The molecule has 3 rings (SSSR count). The van der Waals surface area contributed by atoms with E-state index in [-0.39, 0.29) is 12.5 Å². The molecule has 6 heteroatoms. The van der Waals surface area contributed by atoms with Crippen LogP contribution in [0, 0.1) is 0 Å². The van der Waals surface area contributed by atoms with Crippen LogP contribution in [0.1, 0.15) is 22.0 Å². The average Bonchev–Trinajstić information content (AvgIpc) is 2.67. The van der Waals surface area contributed by atoms with Crippen molar-refractivity contribution in [2.24, 2.45) is 0 Å². The van der Waals surface area contributed by atoms with Crippen LogP contribution < -0.4 is 10.1 Å². The van der Waals surface area contributed by atoms with E-state index in [2.05, 4.69) is 26.2 Å². The van der Waals surface area contributed by atoms with E-state index in [1.165, 1.54) is 0 Å². The van der Waals surface area contributed by atoms with Crippen molar-refractivity contribution in [3.05, 3.63) is 88.7 Å². The summed E-state index contributed by atoms with van der Waals surface area (Å²) in [5, 5.41) is 12.5. The van der Waals surface area contributed by atoms with Gasteiger partial charge in [0, 0.05) is 22.4 Å². The summed E-state index contributed by atoms with van der Waals surface area (Å²) < 4.78 is 6.61. The quantitative estimate of drug-likeness (QED) is 0.639. The molecule has 26 heavy (non-hydrogen) atoms. The predicted molar refractivity (Wildman–Crippen MR) is 102 cm³/mol. The summed E-state index contributed by atoms with van der Waals surface area (Å²) in [4.78, 5) is 16.5. The highest BCUT2D eigenvalue weighted by atomic mass is 79.9. The summed E-state index contributed by atoms with van der Waals surface area (Å²) in [6.45, 7) is -0.199. The SMILES string of the molecule is O=C(NC(CO)c1cccc(Br)c1)c1cccc(Oc2ccncc2)c1. The van der Waals surface area contributed by atoms with Gasteiger partial charge in [-0.2, -0.15) is 0 Å². The summed E-state index contributed by atoms with van der Waals surface area (Å²) in [6.07, 6.45) is 3.27. The number of nitrogens with zero attached hydrogens (tertiary/aromatic N) is 1. The van der Waals surface area contributed by atoms with Crippen LogP contribution >= 0.6 is 15.9 Å². The topological polar surface area (TPSA) is 71.5 Å². The zero-order valence-corrected chi connectivity index (χ0v) is 15.4. The third-order valence-electron chi connectivity index (χ3n) is 3.72. The number of nitrogens with one attached hydrogen (secondary N) is 1. The van der Waals surface area contributed by atoms with Gasteiger partial charge in [-0.15, -0.1) is 0 Å². The number of carbonyl (C=O) groups is 1. The van der Waals surface area contributed by atoms with Crippen molar-refractivity contribution in [3.63, 3.8) is 0 Å². The van der Waals surface area contributed by atoms with Crippen LogP contribution in [0.5, 0.6) is 11.5 Å². The van der Waals surface area contributed by atoms with Gasteiger partial charge in [-0.1, -0.05) is 34.1 Å². The van der Waals surface area contributed by atoms with Crippen molar-refractivity contribution in [1.29, 1.82) is 0 Å². The smallest absolute Gasteiger partial charge is 0.251 e. The highest BCUT2D eigenvalue weighted by Crippen LogP contribution is 2.22. The van der Waals surface area contributed by atoms with Gasteiger partial charge < -0.3 is 15.2 Å². The van der Waals surface area contributed by atoms with Crippen molar-refractivity contribution in [2.75, 3.05) is 6.61 Å². The van der Waals surface area contributed by atoms with E-state index in [1.54, 1.807) is 48.8 Å². The summed E-state index contributed by atoms with van der Waals surface area (Å²) in [5.74, 6) is 0.899. The lowest BCUT2D eigenvalue weighted by atomic mass is 10.1. The molecule has 3 aromatic rings. The van der Waals surface area contributed by atoms with Gasteiger partial charge in [0.15, 0.2) is 0 Å². The molecule has 1 heterocycles. The minimum Gasteiger partial charge on any atom is -0.457 e. The van der Waals surface area contributed by atoms with E-state index >= 15 is 0 Å². The van der Waals surface area contributed by atoms with Crippen molar-refractivity contribution < 1.29 is 14.6 Å². The molecule has 5 nitrogen and oxygen atoms in total. The first-order chi connectivity index (χ1) is 12.7. The van der Waals surface area contributed by atoms with Crippen LogP contribution in [-0.2, 0) is 0 Å². The number of pyridine rings is 1. The standard InChI is InChI=1S/C20H17BrN2O3/c21-16-5-1-3-14(11-16)19(13-24)23-20(25)15-4-2-6-18(12-15)26-17-7-9-22-10-8-17/h1-12,19,24H,13H2,(H,23,25). The van der Waals surface area contributed by atoms with Gasteiger partial charge in [-0.25, -0.2) is 0 Å². The molecule has 1 unspecified atom stereocenters. The molecule has 0 aliphatic heterocycles. The number of aliphatic hydroxyl groups excluding tert-OH is 1. The minimum absolute atomic E-state index is 0.199. The fraction of sp³-hybridized carbons (Fsp3) is 0.100. The van der Waals surface area contributed by atoms with Crippen LogP contribution in [-0.4, -0.2) is 22.6 Å². The Morgan fingerprint density at radius 1 is 1.08 bits per heavy atom. The number of rotatable bonds is 6. The third kappa shape index (κ3) is 4.68. The molecule has 0 spiro atoms. The molecule has 0 saturated heterocycles. The summed E-state index contributed by atoms with van der Waals surface area (Å²) >= 11 is 3.40. The third-order valence-corrected chi connectivity index (χ3v) is 4.21. The molecule has 2 aromatic carbocycles. The number of hydrogen-bond donors (Lipinski definition) is 2. The van der Waals surface area contributed by atoms with Crippen molar-refractivity contribution in [1.82, 2.24) is 10.3 Å². The Balaban J connectivity index is 1.74. The van der Waals surface area contributed by atoms with Crippen LogP contribution in [0.25, 0.3) is 0 Å². The number of halogens is 1. The molecule has 0 aliphatic rings. The molecule has 2 N–H and O–H groups in total. The maximum atomic E-state index is 12.6. The Labute approximate surface area is 159 Å². The predicted octanol–water partition coefficient (Wildman–Crippen LogP) is 4.10. The zero-order valence-electron chi connectivity index (χ0n) is 13.8. The number of benzene rings is 2. The Kier molecular flexibility index (Phi) is 5.99. The molecule has 0 bridgehead atoms. The molecule has 1 aromatic heterocycles. The van der Waals surface area contributed by atoms with Crippen molar-refractivity contribution in [3.8, 4) is 11.5 Å². The first-order valence-corrected chi connectivity index (χ1v) is 8.80. The first kappa shape index (κ1) is 18.1. The summed E-state index contributed by atoms with van der Waals surface area (Å²) in [7, 11) is 0. The Bertz CT molecular complexity index is 887. The average molecular weight is 413 g/mol. The van der Waals surface area contributed by atoms with E-state index in [4.69, 9.17) is 4.74 Å². The summed E-state index contributed by atoms with van der Waals surface area (Å²) in [5.41, 5.74) is 1.27. The fourth-order valence-electron chi connectivity index (χ4n) is 2.44. The van der Waals surface area contributed by atoms with Gasteiger partial charge in [0.05, 0.1) is 12.6 Å². The number of amides is 1. The maximum Gasteiger partial charge on any atom is 0.251 e. The van der Waals surface area contributed by atoms with Crippen LogP contribution in [0.4, 0.5) is 0 Å². The normalized spacial score (nSPS) is 11.6. The molecule has 0 saturated carbocycles. The zero-order chi connectivity index (χ0) is 18.4. The van der Waals surface area contributed by atoms with E-state index in [0.717, 1.165) is 10.0 Å². The van der Waals surface area contributed by atoms with E-state index in [1.807, 2.05) is 24.3 Å². The second-order valence-electron chi connectivity index (χ2n) is 5.58. The lowest BCUT2D eigenvalue weighted by Gasteiger charge is -2.17. The first-order valence-electron chi connectivity index (χ1n) is 8.01. The van der Waals surface area contributed by atoms with Gasteiger partial charge in [-0.3, -0.25) is 9.78 Å². The summed E-state index contributed by atoms with van der Waals surface area (Å²) in [6, 6.07) is 17.3. The van der Waals surface area contributed by atoms with Crippen LogP contribution in [0.3, 0.4) is 0 Å². The van der Waals surface area contributed by atoms with E-state index < -0.39 is 6.04 Å². The molecule has 1 amide bonds. The fourth-order valence-corrected chi connectivity index (χ4v) is 2.86. The molecule has 132 valence electrons. The number of hydrogen-bond acceptors (Lipinski definition) is 4. The van der Waals surface area contributed by atoms with Crippen molar-refractivity contribution >= 4 is 21.8 Å². The highest BCUT2D eigenvalue weighted by molar-refractivity contribution is 9.10. The number of ether oxygens (including phenoxy) is 1. The number of carbonyl (C=O) groups excluding carboxylic acids is 1. The molecule has 1 atom stereocenters. The maximum absolute atomic E-state index is 12.6. The van der Waals surface area contributed by atoms with Gasteiger partial charge in [0.1, 0.15) is 11.5 Å².